The molecule has 2 rings (SSSR count). The van der Waals surface area contributed by atoms with Gasteiger partial charge in [-0.05, 0) is 18.6 Å². The van der Waals surface area contributed by atoms with Crippen LogP contribution < -0.4 is 5.32 Å². The maximum Gasteiger partial charge on any atom is 0.182 e. The molecule has 0 radical (unpaired) electrons. The van der Waals surface area contributed by atoms with E-state index in [9.17, 15) is 4.39 Å². The molecule has 1 aromatic carbocycles. The number of halogens is 1. The van der Waals surface area contributed by atoms with Crippen LogP contribution in [-0.4, -0.2) is 12.0 Å². The van der Waals surface area contributed by atoms with E-state index < -0.39 is 0 Å². The first kappa shape index (κ1) is 11.1. The Kier molecular flexibility index (Phi) is 3.19. The van der Waals surface area contributed by atoms with Gasteiger partial charge in [-0.3, -0.25) is 0 Å². The molecule has 0 aliphatic carbocycles. The van der Waals surface area contributed by atoms with Crippen LogP contribution in [0.15, 0.2) is 24.3 Å². The predicted molar refractivity (Wildman–Crippen MR) is 65.6 cm³/mol. The Morgan fingerprint density at radius 3 is 2.75 bits per heavy atom. The number of hydrogen-bond acceptors (Lipinski definition) is 3. The van der Waals surface area contributed by atoms with Crippen molar-refractivity contribution in [2.45, 2.75) is 13.3 Å². The SMILES string of the molecule is CNc1nc(Cc2ccccc2F)c(C)s1. The fraction of sp³-hybridized carbons (Fsp3) is 0.250. The quantitative estimate of drug-likeness (QED) is 0.885. The lowest BCUT2D eigenvalue weighted by molar-refractivity contribution is 0.613. The summed E-state index contributed by atoms with van der Waals surface area (Å²) in [7, 11) is 1.84. The summed E-state index contributed by atoms with van der Waals surface area (Å²) in [5.41, 5.74) is 1.64. The Hall–Kier alpha value is -1.42. The number of rotatable bonds is 3. The smallest absolute Gasteiger partial charge is 0.182 e. The van der Waals surface area contributed by atoms with Gasteiger partial charge in [-0.15, -0.1) is 11.3 Å². The molecule has 2 aromatic rings. The van der Waals surface area contributed by atoms with Crippen molar-refractivity contribution < 1.29 is 4.39 Å². The number of benzene rings is 1. The van der Waals surface area contributed by atoms with Gasteiger partial charge >= 0.3 is 0 Å². The molecule has 16 heavy (non-hydrogen) atoms. The molecule has 84 valence electrons. The van der Waals surface area contributed by atoms with Crippen molar-refractivity contribution in [3.8, 4) is 0 Å². The summed E-state index contributed by atoms with van der Waals surface area (Å²) >= 11 is 1.59. The number of aromatic nitrogens is 1. The van der Waals surface area contributed by atoms with Crippen LogP contribution in [0, 0.1) is 12.7 Å². The number of hydrogen-bond donors (Lipinski definition) is 1. The third kappa shape index (κ3) is 2.22. The second-order valence-corrected chi connectivity index (χ2v) is 4.74. The molecule has 4 heteroatoms. The third-order valence-corrected chi connectivity index (χ3v) is 3.45. The van der Waals surface area contributed by atoms with Gasteiger partial charge in [-0.1, -0.05) is 18.2 Å². The van der Waals surface area contributed by atoms with Crippen molar-refractivity contribution in [1.29, 1.82) is 0 Å². The molecule has 0 amide bonds. The van der Waals surface area contributed by atoms with E-state index in [0.29, 0.717) is 12.0 Å². The molecule has 0 spiro atoms. The lowest BCUT2D eigenvalue weighted by atomic mass is 10.1. The van der Waals surface area contributed by atoms with Gasteiger partial charge in [0, 0.05) is 18.3 Å². The standard InChI is InChI=1S/C12H13FN2S/c1-8-11(15-12(14-2)16-8)7-9-5-3-4-6-10(9)13/h3-6H,7H2,1-2H3,(H,14,15). The number of anilines is 1. The van der Waals surface area contributed by atoms with E-state index in [4.69, 9.17) is 0 Å². The molecule has 0 atom stereocenters. The molecule has 1 N–H and O–H groups in total. The van der Waals surface area contributed by atoms with E-state index in [-0.39, 0.29) is 5.82 Å². The Morgan fingerprint density at radius 1 is 1.38 bits per heavy atom. The molecule has 1 aromatic heterocycles. The average Bonchev–Trinajstić information content (AvgIpc) is 2.63. The van der Waals surface area contributed by atoms with E-state index in [2.05, 4.69) is 10.3 Å². The van der Waals surface area contributed by atoms with Gasteiger partial charge in [0.25, 0.3) is 0 Å². The maximum atomic E-state index is 13.5. The summed E-state index contributed by atoms with van der Waals surface area (Å²) in [5.74, 6) is -0.166. The third-order valence-electron chi connectivity index (χ3n) is 2.42. The maximum absolute atomic E-state index is 13.5. The minimum absolute atomic E-state index is 0.166. The lowest BCUT2D eigenvalue weighted by Crippen LogP contribution is -1.95. The molecule has 0 aliphatic heterocycles. The zero-order chi connectivity index (χ0) is 11.5. The van der Waals surface area contributed by atoms with Crippen LogP contribution in [0.25, 0.3) is 0 Å². The van der Waals surface area contributed by atoms with Crippen molar-refractivity contribution >= 4 is 16.5 Å². The largest absolute Gasteiger partial charge is 0.365 e. The molecule has 2 nitrogen and oxygen atoms in total. The van der Waals surface area contributed by atoms with Crippen LogP contribution in [0.2, 0.25) is 0 Å². The lowest BCUT2D eigenvalue weighted by Gasteiger charge is -2.00. The van der Waals surface area contributed by atoms with E-state index in [1.54, 1.807) is 23.5 Å². The highest BCUT2D eigenvalue weighted by atomic mass is 32.1. The van der Waals surface area contributed by atoms with Crippen molar-refractivity contribution in [2.75, 3.05) is 12.4 Å². The van der Waals surface area contributed by atoms with Crippen molar-refractivity contribution in [1.82, 2.24) is 4.98 Å². The summed E-state index contributed by atoms with van der Waals surface area (Å²) < 4.78 is 13.5. The molecular formula is C12H13FN2S. The molecule has 0 fully saturated rings. The molecule has 0 unspecified atom stereocenters. The summed E-state index contributed by atoms with van der Waals surface area (Å²) in [6.07, 6.45) is 0.552. The molecule has 0 aliphatic rings. The van der Waals surface area contributed by atoms with Gasteiger partial charge in [-0.25, -0.2) is 9.37 Å². The fourth-order valence-corrected chi connectivity index (χ4v) is 2.30. The molecule has 1 heterocycles. The van der Waals surface area contributed by atoms with Crippen molar-refractivity contribution in [2.24, 2.45) is 0 Å². The molecule has 0 saturated carbocycles. The Balaban J connectivity index is 2.27. The van der Waals surface area contributed by atoms with Gasteiger partial charge in [0.1, 0.15) is 5.82 Å². The van der Waals surface area contributed by atoms with Gasteiger partial charge in [0.2, 0.25) is 0 Å². The summed E-state index contributed by atoms with van der Waals surface area (Å²) in [6.45, 7) is 2.01. The first-order valence-corrected chi connectivity index (χ1v) is 5.90. The van der Waals surface area contributed by atoms with Crippen LogP contribution in [0.1, 0.15) is 16.1 Å². The minimum atomic E-state index is -0.166. The van der Waals surface area contributed by atoms with E-state index in [1.807, 2.05) is 20.0 Å². The Bertz CT molecular complexity index is 494. The van der Waals surface area contributed by atoms with Gasteiger partial charge in [0.15, 0.2) is 5.13 Å². The van der Waals surface area contributed by atoms with E-state index in [1.165, 1.54) is 6.07 Å². The Morgan fingerprint density at radius 2 is 2.12 bits per heavy atom. The normalized spacial score (nSPS) is 10.4. The summed E-state index contributed by atoms with van der Waals surface area (Å²) in [4.78, 5) is 5.54. The fourth-order valence-electron chi connectivity index (χ4n) is 1.52. The Labute approximate surface area is 98.2 Å². The van der Waals surface area contributed by atoms with Gasteiger partial charge in [0.05, 0.1) is 5.69 Å². The second kappa shape index (κ2) is 4.61. The highest BCUT2D eigenvalue weighted by Gasteiger charge is 2.09. The zero-order valence-electron chi connectivity index (χ0n) is 9.25. The van der Waals surface area contributed by atoms with E-state index >= 15 is 0 Å². The predicted octanol–water partition coefficient (Wildman–Crippen LogP) is 3.22. The van der Waals surface area contributed by atoms with Crippen LogP contribution in [-0.2, 0) is 6.42 Å². The zero-order valence-corrected chi connectivity index (χ0v) is 10.1. The van der Waals surface area contributed by atoms with Crippen LogP contribution in [0.3, 0.4) is 0 Å². The number of aryl methyl sites for hydroxylation is 1. The summed E-state index contributed by atoms with van der Waals surface area (Å²) in [6, 6.07) is 6.83. The highest BCUT2D eigenvalue weighted by molar-refractivity contribution is 7.15. The highest BCUT2D eigenvalue weighted by Crippen LogP contribution is 2.24. The van der Waals surface area contributed by atoms with Crippen LogP contribution in [0.4, 0.5) is 9.52 Å². The van der Waals surface area contributed by atoms with Crippen molar-refractivity contribution in [3.05, 3.63) is 46.2 Å². The number of nitrogens with zero attached hydrogens (tertiary/aromatic N) is 1. The van der Waals surface area contributed by atoms with Crippen LogP contribution in [0.5, 0.6) is 0 Å². The summed E-state index contributed by atoms with van der Waals surface area (Å²) in [5, 5.41) is 3.88. The average molecular weight is 236 g/mol. The first-order valence-electron chi connectivity index (χ1n) is 5.08. The van der Waals surface area contributed by atoms with Crippen LogP contribution >= 0.6 is 11.3 Å². The monoisotopic (exact) mass is 236 g/mol. The minimum Gasteiger partial charge on any atom is -0.365 e. The topological polar surface area (TPSA) is 24.9 Å². The second-order valence-electron chi connectivity index (χ2n) is 3.54. The number of nitrogens with one attached hydrogen (secondary N) is 1. The molecule has 0 bridgehead atoms. The first-order chi connectivity index (χ1) is 7.70. The number of thiazole rings is 1. The van der Waals surface area contributed by atoms with Gasteiger partial charge < -0.3 is 5.32 Å². The van der Waals surface area contributed by atoms with E-state index in [0.717, 1.165) is 15.7 Å². The molecule has 0 saturated heterocycles. The van der Waals surface area contributed by atoms with Gasteiger partial charge in [-0.2, -0.15) is 0 Å². The molecular weight excluding hydrogens is 223 g/mol. The van der Waals surface area contributed by atoms with Crippen molar-refractivity contribution in [3.63, 3.8) is 0 Å².